The first kappa shape index (κ1) is 25.3. The third-order valence-electron chi connectivity index (χ3n) is 6.29. The minimum absolute atomic E-state index is 0.132. The molecule has 4 aromatic rings. The Morgan fingerprint density at radius 3 is 2.63 bits per heavy atom. The molecule has 0 bridgehead atoms. The normalized spacial score (nSPS) is 15.1. The van der Waals surface area contributed by atoms with E-state index in [1.807, 2.05) is 13.0 Å². The molecule has 38 heavy (non-hydrogen) atoms. The van der Waals surface area contributed by atoms with E-state index in [4.69, 9.17) is 4.74 Å². The quantitative estimate of drug-likeness (QED) is 0.286. The first-order valence-electron chi connectivity index (χ1n) is 11.7. The van der Waals surface area contributed by atoms with Crippen LogP contribution in [0.5, 0.6) is 5.75 Å². The summed E-state index contributed by atoms with van der Waals surface area (Å²) < 4.78 is 58.7. The van der Waals surface area contributed by atoms with Crippen molar-refractivity contribution < 1.29 is 27.1 Å². The van der Waals surface area contributed by atoms with Crippen LogP contribution in [0.3, 0.4) is 0 Å². The maximum absolute atomic E-state index is 14.1. The second kappa shape index (κ2) is 9.84. The molecule has 0 fully saturated rings. The highest BCUT2D eigenvalue weighted by molar-refractivity contribution is 5.98. The summed E-state index contributed by atoms with van der Waals surface area (Å²) in [6, 6.07) is 10.8. The van der Waals surface area contributed by atoms with E-state index in [1.165, 1.54) is 17.0 Å². The van der Waals surface area contributed by atoms with Crippen LogP contribution in [0.25, 0.3) is 10.9 Å². The number of nitrogens with zero attached hydrogens (tertiary/aromatic N) is 5. The molecule has 1 aliphatic rings. The lowest BCUT2D eigenvalue weighted by Crippen LogP contribution is -2.38. The van der Waals surface area contributed by atoms with Crippen LogP contribution in [0.4, 0.5) is 23.4 Å². The van der Waals surface area contributed by atoms with Crippen molar-refractivity contribution in [3.05, 3.63) is 82.7 Å². The van der Waals surface area contributed by atoms with Crippen molar-refractivity contribution >= 4 is 22.6 Å². The largest absolute Gasteiger partial charge is 0.491 e. The predicted molar refractivity (Wildman–Crippen MR) is 130 cm³/mol. The van der Waals surface area contributed by atoms with Crippen LogP contribution < -0.4 is 10.1 Å². The molecular weight excluding hydrogens is 504 g/mol. The summed E-state index contributed by atoms with van der Waals surface area (Å²) in [6.45, 7) is 1.95. The van der Waals surface area contributed by atoms with Gasteiger partial charge in [-0.1, -0.05) is 0 Å². The molecule has 196 valence electrons. The summed E-state index contributed by atoms with van der Waals surface area (Å²) in [6.07, 6.45) is -4.35. The highest BCUT2D eigenvalue weighted by atomic mass is 19.4. The van der Waals surface area contributed by atoms with Crippen molar-refractivity contribution in [2.45, 2.75) is 32.1 Å². The topological polar surface area (TPSA) is 93.1 Å². The molecule has 0 spiro atoms. The van der Waals surface area contributed by atoms with E-state index in [9.17, 15) is 22.4 Å². The summed E-state index contributed by atoms with van der Waals surface area (Å²) in [5.41, 5.74) is 1.10. The van der Waals surface area contributed by atoms with E-state index in [0.717, 1.165) is 23.1 Å². The van der Waals surface area contributed by atoms with Crippen molar-refractivity contribution in [2.75, 3.05) is 19.0 Å². The molecule has 5 rings (SSSR count). The van der Waals surface area contributed by atoms with Crippen molar-refractivity contribution in [1.29, 1.82) is 0 Å². The van der Waals surface area contributed by atoms with Gasteiger partial charge in [0.05, 0.1) is 30.4 Å². The van der Waals surface area contributed by atoms with E-state index in [0.29, 0.717) is 29.1 Å². The summed E-state index contributed by atoms with van der Waals surface area (Å²) in [7, 11) is 1.77. The Morgan fingerprint density at radius 1 is 1.11 bits per heavy atom. The number of halogens is 4. The van der Waals surface area contributed by atoms with Crippen LogP contribution in [-0.2, 0) is 12.7 Å². The smallest absolute Gasteiger partial charge is 0.435 e. The Kier molecular flexibility index (Phi) is 6.55. The molecule has 1 amide bonds. The molecule has 4 heterocycles. The molecule has 12 heteroatoms. The number of rotatable bonds is 5. The number of amides is 1. The lowest BCUT2D eigenvalue weighted by molar-refractivity contribution is -0.141. The number of aromatic nitrogens is 4. The number of aryl methyl sites for hydroxylation is 1. The second-order valence-electron chi connectivity index (χ2n) is 8.82. The molecular formula is C26H22F4N6O2. The highest BCUT2D eigenvalue weighted by Crippen LogP contribution is 2.37. The molecule has 0 saturated heterocycles. The Labute approximate surface area is 214 Å². The minimum atomic E-state index is -4.65. The van der Waals surface area contributed by atoms with Gasteiger partial charge in [0, 0.05) is 24.4 Å². The minimum Gasteiger partial charge on any atom is -0.491 e. The Bertz CT molecular complexity index is 1510. The van der Waals surface area contributed by atoms with Gasteiger partial charge in [0.15, 0.2) is 5.69 Å². The maximum atomic E-state index is 14.1. The number of carbonyl (C=O) groups is 1. The van der Waals surface area contributed by atoms with Crippen LogP contribution in [0.1, 0.15) is 45.5 Å². The van der Waals surface area contributed by atoms with Crippen molar-refractivity contribution in [2.24, 2.45) is 0 Å². The number of benzene rings is 1. The van der Waals surface area contributed by atoms with Crippen molar-refractivity contribution in [1.82, 2.24) is 25.1 Å². The maximum Gasteiger partial charge on any atom is 0.435 e. The number of alkyl halides is 3. The van der Waals surface area contributed by atoms with Gasteiger partial charge in [0.2, 0.25) is 5.95 Å². The molecule has 1 unspecified atom stereocenters. The van der Waals surface area contributed by atoms with Gasteiger partial charge < -0.3 is 15.0 Å². The van der Waals surface area contributed by atoms with Crippen LogP contribution in [0.2, 0.25) is 0 Å². The van der Waals surface area contributed by atoms with Crippen LogP contribution >= 0.6 is 0 Å². The first-order valence-corrected chi connectivity index (χ1v) is 11.7. The molecule has 0 aliphatic carbocycles. The van der Waals surface area contributed by atoms with Crippen LogP contribution in [0.15, 0.2) is 48.5 Å². The number of hydrogen-bond acceptors (Lipinski definition) is 7. The fourth-order valence-electron chi connectivity index (χ4n) is 4.45. The van der Waals surface area contributed by atoms with Crippen molar-refractivity contribution in [3.8, 4) is 5.75 Å². The van der Waals surface area contributed by atoms with Gasteiger partial charge in [0.25, 0.3) is 5.91 Å². The molecule has 1 atom stereocenters. The zero-order chi connectivity index (χ0) is 27.0. The Morgan fingerprint density at radius 2 is 1.92 bits per heavy atom. The second-order valence-corrected chi connectivity index (χ2v) is 8.82. The molecule has 0 saturated carbocycles. The van der Waals surface area contributed by atoms with Crippen LogP contribution in [-0.4, -0.2) is 44.6 Å². The third-order valence-corrected chi connectivity index (χ3v) is 6.29. The van der Waals surface area contributed by atoms with Gasteiger partial charge in [-0.25, -0.2) is 9.97 Å². The number of nitrogens with one attached hydrogen (secondary N) is 1. The van der Waals surface area contributed by atoms with E-state index >= 15 is 0 Å². The van der Waals surface area contributed by atoms with Crippen molar-refractivity contribution in [3.63, 3.8) is 0 Å². The molecule has 8 nitrogen and oxygen atoms in total. The fraction of sp³-hybridized carbons (Fsp3) is 0.269. The molecule has 1 aromatic carbocycles. The number of pyridine rings is 2. The zero-order valence-corrected chi connectivity index (χ0v) is 20.4. The average molecular weight is 526 g/mol. The molecule has 3 aromatic heterocycles. The van der Waals surface area contributed by atoms with E-state index in [-0.39, 0.29) is 24.5 Å². The predicted octanol–water partition coefficient (Wildman–Crippen LogP) is 5.09. The van der Waals surface area contributed by atoms with Gasteiger partial charge in [-0.3, -0.25) is 4.79 Å². The fourth-order valence-corrected chi connectivity index (χ4v) is 4.45. The number of hydrogen-bond donors (Lipinski definition) is 1. The Hall–Kier alpha value is -4.35. The first-order chi connectivity index (χ1) is 18.1. The number of fused-ring (bicyclic) bond motifs is 2. The van der Waals surface area contributed by atoms with E-state index in [1.54, 1.807) is 25.2 Å². The van der Waals surface area contributed by atoms with Gasteiger partial charge in [0.1, 0.15) is 17.3 Å². The number of anilines is 1. The Balaban J connectivity index is 1.56. The standard InChI is InChI=1S/C26H22F4N6O2/c1-14-11-16-12-15(3-5-18(16)32-24(14)31-2)25(37)36(13-17-4-7-21(35-34-17)26(28,29)30)19-9-10-38-20-6-8-22(27)33-23(19)20/h3-8,11-12,19H,9-10,13H2,1-2H3,(H,31,32). The lowest BCUT2D eigenvalue weighted by atomic mass is 10.0. The number of ether oxygens (including phenoxy) is 1. The average Bonchev–Trinajstić information content (AvgIpc) is 2.90. The molecule has 0 radical (unpaired) electrons. The SMILES string of the molecule is CNc1nc2ccc(C(=O)N(Cc3ccc(C(F)(F)F)nn3)C3CCOc4ccc(F)nc43)cc2cc1C. The lowest BCUT2D eigenvalue weighted by Gasteiger charge is -2.34. The van der Waals surface area contributed by atoms with Gasteiger partial charge in [-0.05, 0) is 61.0 Å². The van der Waals surface area contributed by atoms with E-state index < -0.39 is 29.8 Å². The van der Waals surface area contributed by atoms with Crippen LogP contribution in [0, 0.1) is 12.9 Å². The van der Waals surface area contributed by atoms with Gasteiger partial charge in [-0.2, -0.15) is 22.7 Å². The summed E-state index contributed by atoms with van der Waals surface area (Å²) in [5.74, 6) is -0.135. The number of carbonyl (C=O) groups excluding carboxylic acids is 1. The van der Waals surface area contributed by atoms with Gasteiger partial charge >= 0.3 is 6.18 Å². The summed E-state index contributed by atoms with van der Waals surface area (Å²) in [5, 5.41) is 10.7. The van der Waals surface area contributed by atoms with Gasteiger partial charge in [-0.15, -0.1) is 5.10 Å². The zero-order valence-electron chi connectivity index (χ0n) is 20.4. The monoisotopic (exact) mass is 526 g/mol. The highest BCUT2D eigenvalue weighted by Gasteiger charge is 2.35. The summed E-state index contributed by atoms with van der Waals surface area (Å²) >= 11 is 0. The summed E-state index contributed by atoms with van der Waals surface area (Å²) in [4.78, 5) is 23.9. The molecule has 1 aliphatic heterocycles. The third kappa shape index (κ3) is 4.93. The van der Waals surface area contributed by atoms with E-state index in [2.05, 4.69) is 25.5 Å². The molecule has 1 N–H and O–H groups in total.